The fraction of sp³-hybridized carbons (Fsp3) is 0.440. The molecule has 0 spiro atoms. The number of carbonyl (C=O) groups is 1. The third kappa shape index (κ3) is 3.21. The maximum atomic E-state index is 13.4. The van der Waals surface area contributed by atoms with Crippen molar-refractivity contribution in [1.82, 2.24) is 19.3 Å². The molecule has 5 heterocycles. The van der Waals surface area contributed by atoms with Crippen LogP contribution in [0.1, 0.15) is 31.1 Å². The number of nitrogens with zero attached hydrogens (tertiary/aromatic N) is 5. The van der Waals surface area contributed by atoms with Gasteiger partial charge in [-0.2, -0.15) is 4.98 Å². The van der Waals surface area contributed by atoms with Crippen molar-refractivity contribution in [3.8, 4) is 0 Å². The van der Waals surface area contributed by atoms with Crippen LogP contribution in [0.2, 0.25) is 0 Å². The molecule has 2 aliphatic rings. The van der Waals surface area contributed by atoms with Gasteiger partial charge in [0.05, 0.1) is 22.2 Å². The van der Waals surface area contributed by atoms with Crippen LogP contribution in [0.5, 0.6) is 0 Å². The molecule has 2 saturated heterocycles. The third-order valence-corrected chi connectivity index (χ3v) is 8.32. The molecule has 3 aromatic heterocycles. The highest BCUT2D eigenvalue weighted by atomic mass is 32.1. The van der Waals surface area contributed by atoms with E-state index in [1.54, 1.807) is 13.1 Å². The molecular formula is C25H27N5O3S. The van der Waals surface area contributed by atoms with E-state index in [1.165, 1.54) is 11.3 Å². The largest absolute Gasteiger partial charge is 0.462 e. The lowest BCUT2D eigenvalue weighted by atomic mass is 10.0. The summed E-state index contributed by atoms with van der Waals surface area (Å²) in [5, 5.41) is 0.332. The van der Waals surface area contributed by atoms with Crippen LogP contribution in [0.4, 0.5) is 5.95 Å². The summed E-state index contributed by atoms with van der Waals surface area (Å²) in [6.45, 7) is 10.5. The Morgan fingerprint density at radius 2 is 1.91 bits per heavy atom. The van der Waals surface area contributed by atoms with Gasteiger partial charge in [-0.25, -0.2) is 9.78 Å². The maximum Gasteiger partial charge on any atom is 0.345 e. The standard InChI is InChI=1S/C25H27N5O3S/c1-4-33-24(32)20-21(31)17-9-26-25(29-12-15-10-28(14(2)3)11-16(15)13-29)27-22(17)30-18-7-5-6-8-19(18)34-23(20)30/h5-9,14-16H,4,10-13H2,1-3H3. The maximum absolute atomic E-state index is 13.4. The van der Waals surface area contributed by atoms with Crippen LogP contribution in [0.3, 0.4) is 0 Å². The molecule has 34 heavy (non-hydrogen) atoms. The number of fused-ring (bicyclic) bond motifs is 6. The van der Waals surface area contributed by atoms with E-state index in [2.05, 4.69) is 28.6 Å². The Morgan fingerprint density at radius 1 is 1.18 bits per heavy atom. The molecule has 1 aromatic carbocycles. The van der Waals surface area contributed by atoms with Crippen LogP contribution in [0, 0.1) is 11.8 Å². The average Bonchev–Trinajstić information content (AvgIpc) is 3.50. The summed E-state index contributed by atoms with van der Waals surface area (Å²) in [4.78, 5) is 41.1. The van der Waals surface area contributed by atoms with Crippen molar-refractivity contribution in [3.63, 3.8) is 0 Å². The summed E-state index contributed by atoms with van der Waals surface area (Å²) in [6.07, 6.45) is 1.58. The monoisotopic (exact) mass is 477 g/mol. The summed E-state index contributed by atoms with van der Waals surface area (Å²) in [5.74, 6) is 1.25. The smallest absolute Gasteiger partial charge is 0.345 e. The van der Waals surface area contributed by atoms with E-state index in [-0.39, 0.29) is 17.6 Å². The van der Waals surface area contributed by atoms with Gasteiger partial charge >= 0.3 is 5.97 Å². The number of thiazole rings is 1. The Hall–Kier alpha value is -3.04. The molecule has 2 atom stereocenters. The summed E-state index contributed by atoms with van der Waals surface area (Å²) < 4.78 is 8.13. The number of aromatic nitrogens is 3. The second-order valence-corrected chi connectivity index (χ2v) is 10.5. The Labute approximate surface area is 200 Å². The second-order valence-electron chi connectivity index (χ2n) is 9.52. The molecule has 0 saturated carbocycles. The Morgan fingerprint density at radius 3 is 2.62 bits per heavy atom. The van der Waals surface area contributed by atoms with Crippen LogP contribution in [0.25, 0.3) is 26.1 Å². The minimum atomic E-state index is -0.607. The molecule has 6 rings (SSSR count). The molecule has 2 fully saturated rings. The fourth-order valence-corrected chi connectivity index (χ4v) is 6.61. The summed E-state index contributed by atoms with van der Waals surface area (Å²) in [7, 11) is 0. The number of anilines is 1. The summed E-state index contributed by atoms with van der Waals surface area (Å²) in [6, 6.07) is 8.44. The zero-order valence-electron chi connectivity index (χ0n) is 19.5. The number of pyridine rings is 1. The van der Waals surface area contributed by atoms with Crippen LogP contribution in [-0.4, -0.2) is 64.1 Å². The molecule has 0 bridgehead atoms. The minimum Gasteiger partial charge on any atom is -0.462 e. The zero-order chi connectivity index (χ0) is 23.6. The number of carbonyl (C=O) groups excluding carboxylic acids is 1. The number of hydrogen-bond donors (Lipinski definition) is 0. The molecule has 0 aliphatic carbocycles. The van der Waals surface area contributed by atoms with Crippen molar-refractivity contribution in [3.05, 3.63) is 46.2 Å². The van der Waals surface area contributed by atoms with Crippen molar-refractivity contribution in [2.45, 2.75) is 26.8 Å². The first-order valence-corrected chi connectivity index (χ1v) is 12.7. The number of benzene rings is 1. The van der Waals surface area contributed by atoms with E-state index in [1.807, 2.05) is 28.7 Å². The van der Waals surface area contributed by atoms with Crippen molar-refractivity contribution in [1.29, 1.82) is 0 Å². The molecule has 2 unspecified atom stereocenters. The van der Waals surface area contributed by atoms with Crippen molar-refractivity contribution >= 4 is 49.3 Å². The number of esters is 1. The van der Waals surface area contributed by atoms with E-state index in [9.17, 15) is 9.59 Å². The van der Waals surface area contributed by atoms with E-state index >= 15 is 0 Å². The van der Waals surface area contributed by atoms with Crippen LogP contribution < -0.4 is 10.3 Å². The number of hydrogen-bond acceptors (Lipinski definition) is 8. The highest BCUT2D eigenvalue weighted by Gasteiger charge is 2.41. The fourth-order valence-electron chi connectivity index (χ4n) is 5.44. The number of para-hydroxylation sites is 1. The van der Waals surface area contributed by atoms with Gasteiger partial charge in [-0.15, -0.1) is 11.3 Å². The van der Waals surface area contributed by atoms with Gasteiger partial charge in [-0.3, -0.25) is 9.20 Å². The number of likely N-dealkylation sites (tertiary alicyclic amines) is 1. The third-order valence-electron chi connectivity index (χ3n) is 7.18. The molecule has 0 radical (unpaired) electrons. The van der Waals surface area contributed by atoms with Crippen LogP contribution >= 0.6 is 11.3 Å². The first-order chi connectivity index (χ1) is 16.5. The molecule has 9 heteroatoms. The summed E-state index contributed by atoms with van der Waals surface area (Å²) >= 11 is 1.41. The topological polar surface area (TPSA) is 80.0 Å². The lowest BCUT2D eigenvalue weighted by Gasteiger charge is -2.24. The number of rotatable bonds is 4. The lowest BCUT2D eigenvalue weighted by molar-refractivity contribution is 0.0527. The average molecular weight is 478 g/mol. The van der Waals surface area contributed by atoms with Gasteiger partial charge in [0.25, 0.3) is 0 Å². The van der Waals surface area contributed by atoms with E-state index in [4.69, 9.17) is 9.72 Å². The lowest BCUT2D eigenvalue weighted by Crippen LogP contribution is -2.33. The second kappa shape index (κ2) is 8.02. The van der Waals surface area contributed by atoms with Crippen LogP contribution in [-0.2, 0) is 4.74 Å². The van der Waals surface area contributed by atoms with E-state index < -0.39 is 5.97 Å². The predicted molar refractivity (Wildman–Crippen MR) is 134 cm³/mol. The first kappa shape index (κ1) is 21.5. The van der Waals surface area contributed by atoms with Crippen LogP contribution in [0.15, 0.2) is 35.3 Å². The Balaban J connectivity index is 1.50. The van der Waals surface area contributed by atoms with Crippen molar-refractivity contribution in [2.75, 3.05) is 37.7 Å². The normalized spacial score (nSPS) is 20.8. The van der Waals surface area contributed by atoms with Crippen molar-refractivity contribution in [2.24, 2.45) is 11.8 Å². The highest BCUT2D eigenvalue weighted by molar-refractivity contribution is 7.24. The highest BCUT2D eigenvalue weighted by Crippen LogP contribution is 2.35. The van der Waals surface area contributed by atoms with E-state index in [0.29, 0.717) is 39.7 Å². The molecule has 2 aliphatic heterocycles. The minimum absolute atomic E-state index is 0.0522. The molecule has 0 N–H and O–H groups in total. The molecule has 4 aromatic rings. The molecule has 8 nitrogen and oxygen atoms in total. The van der Waals surface area contributed by atoms with Gasteiger partial charge in [0, 0.05) is 38.4 Å². The Bertz CT molecular complexity index is 1480. The van der Waals surface area contributed by atoms with Crippen molar-refractivity contribution < 1.29 is 9.53 Å². The SMILES string of the molecule is CCOC(=O)c1c(=O)c2cnc(N3CC4CN(C(C)C)CC4C3)nc2n2c1sc1ccccc12. The zero-order valence-corrected chi connectivity index (χ0v) is 20.3. The predicted octanol–water partition coefficient (Wildman–Crippen LogP) is 3.41. The van der Waals surface area contributed by atoms with Gasteiger partial charge in [-0.05, 0) is 44.7 Å². The van der Waals surface area contributed by atoms with Gasteiger partial charge in [0.1, 0.15) is 10.4 Å². The number of ether oxygens (including phenoxy) is 1. The van der Waals surface area contributed by atoms with Gasteiger partial charge in [0.2, 0.25) is 11.4 Å². The molecular weight excluding hydrogens is 450 g/mol. The summed E-state index contributed by atoms with van der Waals surface area (Å²) in [5.41, 5.74) is 1.12. The first-order valence-electron chi connectivity index (χ1n) is 11.9. The molecule has 0 amide bonds. The Kier molecular flexibility index (Phi) is 5.07. The molecule has 176 valence electrons. The van der Waals surface area contributed by atoms with Gasteiger partial charge in [0.15, 0.2) is 5.65 Å². The quantitative estimate of drug-likeness (QED) is 0.417. The van der Waals surface area contributed by atoms with Gasteiger partial charge in [-0.1, -0.05) is 12.1 Å². The van der Waals surface area contributed by atoms with E-state index in [0.717, 1.165) is 36.4 Å². The van der Waals surface area contributed by atoms with Gasteiger partial charge < -0.3 is 14.5 Å².